The highest BCUT2D eigenvalue weighted by Crippen LogP contribution is 2.65. The number of rotatable bonds is 7. The summed E-state index contributed by atoms with van der Waals surface area (Å²) >= 11 is 0. The van der Waals surface area contributed by atoms with Crippen LogP contribution in [0.15, 0.2) is 36.4 Å². The molecule has 1 N–H and O–H groups in total. The smallest absolute Gasteiger partial charge is 0.229 e. The molecule has 4 fully saturated rings. The largest absolute Gasteiger partial charge is 0.334 e. The average molecular weight is 511 g/mol. The van der Waals surface area contributed by atoms with Gasteiger partial charge in [-0.2, -0.15) is 0 Å². The van der Waals surface area contributed by atoms with Crippen LogP contribution in [0, 0.1) is 28.8 Å². The van der Waals surface area contributed by atoms with Crippen molar-refractivity contribution in [2.24, 2.45) is 11.3 Å². The van der Waals surface area contributed by atoms with Crippen LogP contribution in [0.5, 0.6) is 0 Å². The second kappa shape index (κ2) is 8.58. The van der Waals surface area contributed by atoms with Crippen molar-refractivity contribution in [1.82, 2.24) is 9.62 Å². The number of nitrogens with one attached hydrogen (secondary N) is 1. The van der Waals surface area contributed by atoms with Crippen molar-refractivity contribution in [2.45, 2.75) is 50.9 Å². The van der Waals surface area contributed by atoms with Gasteiger partial charge < -0.3 is 4.90 Å². The Hall–Kier alpha value is -2.46. The summed E-state index contributed by atoms with van der Waals surface area (Å²) in [5.74, 6) is -2.35. The van der Waals surface area contributed by atoms with Crippen molar-refractivity contribution in [3.05, 3.63) is 59.4 Å². The van der Waals surface area contributed by atoms with Crippen molar-refractivity contribution in [2.75, 3.05) is 12.3 Å². The maximum Gasteiger partial charge on any atom is 0.229 e. The predicted molar refractivity (Wildman–Crippen MR) is 122 cm³/mol. The number of benzene rings is 2. The van der Waals surface area contributed by atoms with Gasteiger partial charge in [-0.05, 0) is 62.3 Å². The number of likely N-dealkylation sites (tertiary alicyclic amines) is 1. The first-order chi connectivity index (χ1) is 16.5. The molecule has 0 radical (unpaired) electrons. The Balaban J connectivity index is 1.50. The van der Waals surface area contributed by atoms with E-state index in [4.69, 9.17) is 0 Å². The highest BCUT2D eigenvalue weighted by molar-refractivity contribution is 7.89. The van der Waals surface area contributed by atoms with Crippen molar-refractivity contribution < 1.29 is 30.8 Å². The van der Waals surface area contributed by atoms with E-state index in [1.807, 2.05) is 0 Å². The molecule has 1 amide bonds. The van der Waals surface area contributed by atoms with E-state index in [2.05, 4.69) is 4.72 Å². The fraction of sp³-hybridized carbons (Fsp3) is 0.480. The minimum atomic E-state index is -3.81. The number of carbonyl (C=O) groups is 1. The van der Waals surface area contributed by atoms with Crippen LogP contribution in [-0.2, 0) is 21.2 Å². The third-order valence-corrected chi connectivity index (χ3v) is 9.14. The first-order valence-electron chi connectivity index (χ1n) is 11.7. The van der Waals surface area contributed by atoms with Crippen LogP contribution >= 0.6 is 0 Å². The van der Waals surface area contributed by atoms with Gasteiger partial charge in [0.25, 0.3) is 0 Å². The van der Waals surface area contributed by atoms with Gasteiger partial charge in [-0.1, -0.05) is 18.2 Å². The summed E-state index contributed by atoms with van der Waals surface area (Å²) in [5.41, 5.74) is -0.894. The maximum atomic E-state index is 15.6. The molecule has 5 nitrogen and oxygen atoms in total. The minimum Gasteiger partial charge on any atom is -0.334 e. The number of amides is 1. The Bertz CT molecular complexity index is 1270. The Kier molecular flexibility index (Phi) is 5.95. The number of sulfonamides is 1. The lowest BCUT2D eigenvalue weighted by Gasteiger charge is -2.61. The highest BCUT2D eigenvalue weighted by Gasteiger charge is 2.64. The summed E-state index contributed by atoms with van der Waals surface area (Å²) in [7, 11) is -3.81. The second-order valence-electron chi connectivity index (χ2n) is 9.95. The predicted octanol–water partition coefficient (Wildman–Crippen LogP) is 3.97. The van der Waals surface area contributed by atoms with Gasteiger partial charge in [0, 0.05) is 11.1 Å². The maximum absolute atomic E-state index is 15.6. The van der Waals surface area contributed by atoms with Gasteiger partial charge in [0.05, 0.1) is 29.8 Å². The molecule has 3 saturated carbocycles. The summed E-state index contributed by atoms with van der Waals surface area (Å²) in [6, 6.07) is 4.72. The SMILES string of the molecule is CCS(=O)(=O)N[C@H]1[C@@H](F)CN(C(=O)C23CC(C2)C3)[C@H]1Cc1cccc(-c2cc(F)ccc2F)c1F. The molecule has 4 aliphatic rings. The molecule has 3 atom stereocenters. The van der Waals surface area contributed by atoms with E-state index < -0.39 is 51.1 Å². The zero-order valence-electron chi connectivity index (χ0n) is 19.1. The second-order valence-corrected chi connectivity index (χ2v) is 12.0. The minimum absolute atomic E-state index is 0.0568. The Labute approximate surface area is 201 Å². The highest BCUT2D eigenvalue weighted by atomic mass is 32.2. The van der Waals surface area contributed by atoms with Crippen LogP contribution in [0.3, 0.4) is 0 Å². The van der Waals surface area contributed by atoms with Crippen LogP contribution in [0.1, 0.15) is 31.7 Å². The standard InChI is InChI=1S/C25H26F4N2O3S/c1-2-35(33,34)30-23-20(28)13-31(24(32)25-10-14(11-25)12-25)21(23)8-15-4-3-5-17(22(15)29)18-9-16(26)6-7-19(18)27/h3-7,9,14,20-21,23,30H,2,8,10-13H2,1H3/t14?,20-,21-,23-,25?/m0/s1. The average Bonchev–Trinajstić information content (AvgIpc) is 3.04. The van der Waals surface area contributed by atoms with Crippen molar-refractivity contribution in [3.8, 4) is 11.1 Å². The van der Waals surface area contributed by atoms with Crippen molar-refractivity contribution >= 4 is 15.9 Å². The van der Waals surface area contributed by atoms with E-state index in [0.717, 1.165) is 37.5 Å². The number of halogens is 4. The van der Waals surface area contributed by atoms with Gasteiger partial charge in [0.2, 0.25) is 15.9 Å². The monoisotopic (exact) mass is 510 g/mol. The third-order valence-electron chi connectivity index (χ3n) is 7.75. The summed E-state index contributed by atoms with van der Waals surface area (Å²) in [4.78, 5) is 14.7. The fourth-order valence-corrected chi connectivity index (χ4v) is 6.59. The van der Waals surface area contributed by atoms with Gasteiger partial charge in [0.1, 0.15) is 23.6 Å². The molecule has 1 heterocycles. The summed E-state index contributed by atoms with van der Waals surface area (Å²) in [5, 5.41) is 0. The van der Waals surface area contributed by atoms with E-state index >= 15 is 8.78 Å². The normalized spacial score (nSPS) is 29.6. The van der Waals surface area contributed by atoms with Crippen molar-refractivity contribution in [1.29, 1.82) is 0 Å². The van der Waals surface area contributed by atoms with Crippen LogP contribution in [0.2, 0.25) is 0 Å². The topological polar surface area (TPSA) is 66.5 Å². The van der Waals surface area contributed by atoms with E-state index in [-0.39, 0.29) is 41.3 Å². The Morgan fingerprint density at radius 3 is 2.46 bits per heavy atom. The lowest BCUT2D eigenvalue weighted by atomic mass is 9.44. The number of hydrogen-bond donors (Lipinski definition) is 1. The molecule has 6 rings (SSSR count). The van der Waals surface area contributed by atoms with E-state index in [1.54, 1.807) is 0 Å². The molecule has 0 aromatic heterocycles. The fourth-order valence-electron chi connectivity index (χ4n) is 5.71. The lowest BCUT2D eigenvalue weighted by Crippen LogP contribution is -2.62. The first kappa shape index (κ1) is 24.2. The van der Waals surface area contributed by atoms with E-state index in [1.165, 1.54) is 30.0 Å². The molecule has 3 aliphatic carbocycles. The van der Waals surface area contributed by atoms with E-state index in [0.29, 0.717) is 5.92 Å². The molecule has 35 heavy (non-hydrogen) atoms. The first-order valence-corrected chi connectivity index (χ1v) is 13.4. The summed E-state index contributed by atoms with van der Waals surface area (Å²) < 4.78 is 85.8. The number of alkyl halides is 1. The quantitative estimate of drug-likeness (QED) is 0.574. The zero-order valence-corrected chi connectivity index (χ0v) is 19.9. The lowest BCUT2D eigenvalue weighted by molar-refractivity contribution is -0.178. The van der Waals surface area contributed by atoms with Gasteiger partial charge in [-0.25, -0.2) is 30.7 Å². The molecular formula is C25H26F4N2O3S. The van der Waals surface area contributed by atoms with E-state index in [9.17, 15) is 22.0 Å². The van der Waals surface area contributed by atoms with Gasteiger partial charge in [-0.15, -0.1) is 0 Å². The molecule has 188 valence electrons. The molecule has 1 saturated heterocycles. The van der Waals surface area contributed by atoms with Gasteiger partial charge in [-0.3, -0.25) is 4.79 Å². The van der Waals surface area contributed by atoms with Crippen LogP contribution in [-0.4, -0.2) is 49.8 Å². The number of nitrogens with zero attached hydrogens (tertiary/aromatic N) is 1. The summed E-state index contributed by atoms with van der Waals surface area (Å²) in [6.45, 7) is 1.13. The van der Waals surface area contributed by atoms with Crippen molar-refractivity contribution in [3.63, 3.8) is 0 Å². The van der Waals surface area contributed by atoms with Crippen LogP contribution < -0.4 is 4.72 Å². The Morgan fingerprint density at radius 1 is 1.11 bits per heavy atom. The van der Waals surface area contributed by atoms with Crippen LogP contribution in [0.4, 0.5) is 17.6 Å². The molecule has 2 bridgehead atoms. The molecule has 10 heteroatoms. The van der Waals surface area contributed by atoms with Gasteiger partial charge >= 0.3 is 0 Å². The number of carbonyl (C=O) groups excluding carboxylic acids is 1. The zero-order chi connectivity index (χ0) is 25.1. The van der Waals surface area contributed by atoms with Crippen LogP contribution in [0.25, 0.3) is 11.1 Å². The third kappa shape index (κ3) is 4.14. The Morgan fingerprint density at radius 2 is 1.83 bits per heavy atom. The molecule has 0 unspecified atom stereocenters. The molecule has 2 aromatic rings. The molecule has 2 aromatic carbocycles. The molecule has 1 aliphatic heterocycles. The summed E-state index contributed by atoms with van der Waals surface area (Å²) in [6.07, 6.45) is 0.365. The number of hydrogen-bond acceptors (Lipinski definition) is 3. The van der Waals surface area contributed by atoms with Gasteiger partial charge in [0.15, 0.2) is 0 Å². The molecular weight excluding hydrogens is 484 g/mol. The molecule has 0 spiro atoms.